The Morgan fingerprint density at radius 3 is 2.22 bits per heavy atom. The van der Waals surface area contributed by atoms with Gasteiger partial charge in [-0.3, -0.25) is 0 Å². The first-order chi connectivity index (χ1) is 10.6. The number of anilines is 1. The topological polar surface area (TPSA) is 36.8 Å². The Morgan fingerprint density at radius 2 is 1.61 bits per heavy atom. The van der Waals surface area contributed by atoms with Gasteiger partial charge in [0.25, 0.3) is 0 Å². The lowest BCUT2D eigenvalue weighted by Gasteiger charge is -2.11. The third-order valence-electron chi connectivity index (χ3n) is 3.83. The lowest BCUT2D eigenvalue weighted by Crippen LogP contribution is -2.26. The van der Waals surface area contributed by atoms with Gasteiger partial charge in [0, 0.05) is 24.9 Å². The summed E-state index contributed by atoms with van der Waals surface area (Å²) < 4.78 is 4.10. The van der Waals surface area contributed by atoms with Crippen LogP contribution in [0.5, 0.6) is 0 Å². The third-order valence-corrected chi connectivity index (χ3v) is 3.83. The predicted molar refractivity (Wildman–Crippen MR) is 95.8 cm³/mol. The average Bonchev–Trinajstić information content (AvgIpc) is 2.78. The van der Waals surface area contributed by atoms with Crippen LogP contribution in [0.3, 0.4) is 0 Å². The molecule has 120 valence electrons. The van der Waals surface area contributed by atoms with E-state index < -0.39 is 0 Å². The fraction of sp³-hybridized carbons (Fsp3) is 0.278. The highest BCUT2D eigenvalue weighted by Crippen LogP contribution is 2.22. The standard InChI is InChI=1S/C17H20N5.CH4/c1-20(2)14-11-9-13(10-12-14)18-19-17-21(3)15-7-5-6-8-16(15)22(17)4;/h5-12H,1-4H3;1H4/q+1;. The van der Waals surface area contributed by atoms with Crippen molar-refractivity contribution in [2.45, 2.75) is 7.43 Å². The Bertz CT molecular complexity index is 789. The van der Waals surface area contributed by atoms with Crippen LogP contribution in [-0.4, -0.2) is 18.7 Å². The van der Waals surface area contributed by atoms with Gasteiger partial charge < -0.3 is 4.90 Å². The van der Waals surface area contributed by atoms with E-state index >= 15 is 0 Å². The molecule has 0 unspecified atom stereocenters. The number of nitrogens with zero attached hydrogens (tertiary/aromatic N) is 5. The fourth-order valence-electron chi connectivity index (χ4n) is 2.53. The largest absolute Gasteiger partial charge is 0.422 e. The van der Waals surface area contributed by atoms with Gasteiger partial charge in [-0.05, 0) is 36.4 Å². The maximum atomic E-state index is 4.42. The summed E-state index contributed by atoms with van der Waals surface area (Å²) in [4.78, 5) is 2.06. The Hall–Kier alpha value is -2.69. The molecule has 0 atom stereocenters. The molecule has 2 aromatic carbocycles. The van der Waals surface area contributed by atoms with Crippen LogP contribution in [0.15, 0.2) is 58.8 Å². The molecule has 1 aromatic heterocycles. The summed E-state index contributed by atoms with van der Waals surface area (Å²) in [5.74, 6) is 0.817. The molecule has 0 radical (unpaired) electrons. The van der Waals surface area contributed by atoms with Crippen LogP contribution in [0.1, 0.15) is 7.43 Å². The van der Waals surface area contributed by atoms with E-state index in [1.54, 1.807) is 0 Å². The van der Waals surface area contributed by atoms with Gasteiger partial charge in [-0.2, -0.15) is 0 Å². The second-order valence-electron chi connectivity index (χ2n) is 5.52. The molecule has 5 nitrogen and oxygen atoms in total. The molecule has 23 heavy (non-hydrogen) atoms. The zero-order chi connectivity index (χ0) is 15.7. The van der Waals surface area contributed by atoms with Crippen molar-refractivity contribution in [3.8, 4) is 0 Å². The minimum absolute atomic E-state index is 0. The summed E-state index contributed by atoms with van der Waals surface area (Å²) in [7, 11) is 8.05. The van der Waals surface area contributed by atoms with Crippen LogP contribution in [0.2, 0.25) is 0 Å². The van der Waals surface area contributed by atoms with Gasteiger partial charge in [-0.15, -0.1) is 0 Å². The molecule has 0 saturated heterocycles. The van der Waals surface area contributed by atoms with Crippen LogP contribution < -0.4 is 9.47 Å². The summed E-state index contributed by atoms with van der Waals surface area (Å²) in [6.07, 6.45) is 0. The third kappa shape index (κ3) is 3.08. The van der Waals surface area contributed by atoms with Crippen LogP contribution in [0, 0.1) is 0 Å². The summed E-state index contributed by atoms with van der Waals surface area (Å²) in [5, 5.41) is 8.78. The van der Waals surface area contributed by atoms with E-state index in [2.05, 4.69) is 27.3 Å². The number of imidazole rings is 1. The Morgan fingerprint density at radius 1 is 0.957 bits per heavy atom. The van der Waals surface area contributed by atoms with Crippen LogP contribution in [0.25, 0.3) is 11.0 Å². The molecular formula is C18H24N5+. The fourth-order valence-corrected chi connectivity index (χ4v) is 2.53. The molecular weight excluding hydrogens is 286 g/mol. The number of aromatic nitrogens is 2. The normalized spacial score (nSPS) is 11.0. The predicted octanol–water partition coefficient (Wildman–Crippen LogP) is 4.12. The summed E-state index contributed by atoms with van der Waals surface area (Å²) in [6.45, 7) is 0. The number of aryl methyl sites for hydroxylation is 2. The SMILES string of the molecule is C.CN(C)c1ccc(N=Nc2n(C)c3ccccc3[n+]2C)cc1. The number of fused-ring (bicyclic) bond motifs is 1. The second kappa shape index (κ2) is 6.60. The van der Waals surface area contributed by atoms with Crippen LogP contribution in [-0.2, 0) is 14.1 Å². The second-order valence-corrected chi connectivity index (χ2v) is 5.52. The molecule has 0 aliphatic rings. The quantitative estimate of drug-likeness (QED) is 0.529. The van der Waals surface area contributed by atoms with E-state index in [0.717, 1.165) is 28.4 Å². The van der Waals surface area contributed by atoms with Crippen molar-refractivity contribution in [2.75, 3.05) is 19.0 Å². The number of benzene rings is 2. The van der Waals surface area contributed by atoms with E-state index in [0.29, 0.717) is 0 Å². The highest BCUT2D eigenvalue weighted by molar-refractivity contribution is 5.73. The van der Waals surface area contributed by atoms with E-state index in [-0.39, 0.29) is 7.43 Å². The molecule has 5 heteroatoms. The zero-order valence-electron chi connectivity index (χ0n) is 13.4. The van der Waals surface area contributed by atoms with E-state index in [4.69, 9.17) is 0 Å². The van der Waals surface area contributed by atoms with Crippen LogP contribution >= 0.6 is 0 Å². The number of azo groups is 1. The minimum Gasteiger partial charge on any atom is -0.378 e. The van der Waals surface area contributed by atoms with E-state index in [1.165, 1.54) is 0 Å². The monoisotopic (exact) mass is 310 g/mol. The van der Waals surface area contributed by atoms with Crippen molar-refractivity contribution < 1.29 is 4.57 Å². The Balaban J connectivity index is 0.00000192. The van der Waals surface area contributed by atoms with Gasteiger partial charge in [-0.25, -0.2) is 9.13 Å². The maximum Gasteiger partial charge on any atom is 0.422 e. The van der Waals surface area contributed by atoms with Gasteiger partial charge in [0.15, 0.2) is 0 Å². The summed E-state index contributed by atoms with van der Waals surface area (Å²) in [6, 6.07) is 16.3. The molecule has 3 aromatic rings. The van der Waals surface area contributed by atoms with Crippen molar-refractivity contribution in [2.24, 2.45) is 24.3 Å². The van der Waals surface area contributed by atoms with Crippen molar-refractivity contribution in [3.05, 3.63) is 48.5 Å². The van der Waals surface area contributed by atoms with Crippen molar-refractivity contribution in [3.63, 3.8) is 0 Å². The Labute approximate surface area is 137 Å². The lowest BCUT2D eigenvalue weighted by molar-refractivity contribution is -0.632. The first-order valence-electron chi connectivity index (χ1n) is 7.20. The first-order valence-corrected chi connectivity index (χ1v) is 7.20. The molecule has 0 saturated carbocycles. The van der Waals surface area contributed by atoms with E-state index in [1.807, 2.05) is 73.7 Å². The number of rotatable bonds is 3. The highest BCUT2D eigenvalue weighted by atomic mass is 15.3. The van der Waals surface area contributed by atoms with Crippen molar-refractivity contribution in [1.82, 2.24) is 4.57 Å². The van der Waals surface area contributed by atoms with Gasteiger partial charge in [0.2, 0.25) is 0 Å². The first kappa shape index (κ1) is 16.7. The Kier molecular flexibility index (Phi) is 4.79. The van der Waals surface area contributed by atoms with Crippen molar-refractivity contribution >= 4 is 28.4 Å². The number of para-hydroxylation sites is 2. The smallest absolute Gasteiger partial charge is 0.378 e. The molecule has 0 spiro atoms. The molecule has 0 fully saturated rings. The maximum absolute atomic E-state index is 4.42. The summed E-state index contributed by atoms with van der Waals surface area (Å²) in [5.41, 5.74) is 4.27. The molecule has 0 aliphatic heterocycles. The van der Waals surface area contributed by atoms with E-state index in [9.17, 15) is 0 Å². The van der Waals surface area contributed by atoms with Crippen LogP contribution in [0.4, 0.5) is 17.3 Å². The molecule has 0 N–H and O–H groups in total. The minimum atomic E-state index is 0. The number of hydrogen-bond acceptors (Lipinski definition) is 3. The highest BCUT2D eigenvalue weighted by Gasteiger charge is 2.18. The van der Waals surface area contributed by atoms with Gasteiger partial charge in [-0.1, -0.05) is 24.7 Å². The molecule has 0 bridgehead atoms. The lowest BCUT2D eigenvalue weighted by atomic mass is 10.3. The number of hydrogen-bond donors (Lipinski definition) is 0. The van der Waals surface area contributed by atoms with Crippen molar-refractivity contribution in [1.29, 1.82) is 0 Å². The average molecular weight is 310 g/mol. The van der Waals surface area contributed by atoms with Gasteiger partial charge in [0.05, 0.1) is 14.1 Å². The molecule has 0 amide bonds. The van der Waals surface area contributed by atoms with Gasteiger partial charge >= 0.3 is 5.95 Å². The zero-order valence-corrected chi connectivity index (χ0v) is 13.4. The van der Waals surface area contributed by atoms with Gasteiger partial charge in [0.1, 0.15) is 16.7 Å². The molecule has 0 aliphatic carbocycles. The molecule has 1 heterocycles. The molecule has 3 rings (SSSR count). The summed E-state index contributed by atoms with van der Waals surface area (Å²) >= 11 is 0.